The zero-order chi connectivity index (χ0) is 17.6. The minimum atomic E-state index is -0.581. The number of benzene rings is 1. The van der Waals surface area contributed by atoms with Crippen molar-refractivity contribution in [3.05, 3.63) is 45.0 Å². The highest BCUT2D eigenvalue weighted by Crippen LogP contribution is 2.21. The molecule has 0 aliphatic carbocycles. The van der Waals surface area contributed by atoms with Gasteiger partial charge in [-0.2, -0.15) is 0 Å². The maximum atomic E-state index is 12.3. The van der Waals surface area contributed by atoms with Crippen LogP contribution in [0, 0.1) is 10.1 Å². The smallest absolute Gasteiger partial charge is 0.282 e. The van der Waals surface area contributed by atoms with Crippen molar-refractivity contribution in [1.82, 2.24) is 15.1 Å². The molecule has 132 valence electrons. The van der Waals surface area contributed by atoms with E-state index < -0.39 is 10.8 Å². The van der Waals surface area contributed by atoms with Gasteiger partial charge < -0.3 is 4.74 Å². The average molecular weight is 363 g/mol. The molecule has 0 unspecified atom stereocenters. The molecule has 1 amide bonds. The van der Waals surface area contributed by atoms with Crippen molar-refractivity contribution in [2.75, 3.05) is 38.2 Å². The number of carbonyl (C=O) groups excluding carboxylic acids is 1. The van der Waals surface area contributed by atoms with Crippen LogP contribution in [0.5, 0.6) is 0 Å². The van der Waals surface area contributed by atoms with E-state index in [4.69, 9.17) is 4.74 Å². The number of amides is 1. The largest absolute Gasteiger partial charge is 0.379 e. The van der Waals surface area contributed by atoms with Crippen LogP contribution in [-0.4, -0.2) is 58.8 Å². The molecule has 0 atom stereocenters. The highest BCUT2D eigenvalue weighted by atomic mass is 32.1. The first-order valence-corrected chi connectivity index (χ1v) is 8.62. The molecule has 1 fully saturated rings. The van der Waals surface area contributed by atoms with E-state index in [2.05, 4.69) is 20.4 Å². The topological polar surface area (TPSA) is 110 Å². The number of hydrogen-bond donors (Lipinski definition) is 1. The van der Waals surface area contributed by atoms with E-state index in [0.29, 0.717) is 5.13 Å². The molecule has 1 N–H and O–H groups in total. The highest BCUT2D eigenvalue weighted by Gasteiger charge is 2.20. The number of morpholine rings is 1. The van der Waals surface area contributed by atoms with Crippen LogP contribution < -0.4 is 5.32 Å². The summed E-state index contributed by atoms with van der Waals surface area (Å²) in [6.45, 7) is 4.15. The van der Waals surface area contributed by atoms with Crippen LogP contribution in [-0.2, 0) is 11.2 Å². The zero-order valence-corrected chi connectivity index (χ0v) is 14.2. The minimum absolute atomic E-state index is 0.00225. The van der Waals surface area contributed by atoms with E-state index in [9.17, 15) is 14.9 Å². The van der Waals surface area contributed by atoms with Gasteiger partial charge in [0.25, 0.3) is 11.6 Å². The second kappa shape index (κ2) is 8.10. The Morgan fingerprint density at radius 1 is 1.32 bits per heavy atom. The summed E-state index contributed by atoms with van der Waals surface area (Å²) in [6.07, 6.45) is 0.735. The van der Waals surface area contributed by atoms with Gasteiger partial charge in [0.1, 0.15) is 10.6 Å². The number of aromatic nitrogens is 2. The van der Waals surface area contributed by atoms with Crippen LogP contribution >= 0.6 is 11.3 Å². The van der Waals surface area contributed by atoms with Crippen LogP contribution in [0.3, 0.4) is 0 Å². The summed E-state index contributed by atoms with van der Waals surface area (Å²) in [4.78, 5) is 25.0. The molecular formula is C15H17N5O4S. The number of nitro groups is 1. The first-order valence-electron chi connectivity index (χ1n) is 7.81. The number of rotatable bonds is 6. The Labute approximate surface area is 147 Å². The summed E-state index contributed by atoms with van der Waals surface area (Å²) < 4.78 is 5.31. The van der Waals surface area contributed by atoms with Crippen LogP contribution in [0.25, 0.3) is 0 Å². The molecular weight excluding hydrogens is 346 g/mol. The molecule has 2 heterocycles. The maximum absolute atomic E-state index is 12.3. The number of hydrogen-bond acceptors (Lipinski definition) is 8. The van der Waals surface area contributed by atoms with Crippen molar-refractivity contribution in [2.24, 2.45) is 0 Å². The van der Waals surface area contributed by atoms with E-state index in [1.165, 1.54) is 29.5 Å². The number of para-hydroxylation sites is 1. The first kappa shape index (κ1) is 17.4. The fourth-order valence-electron chi connectivity index (χ4n) is 2.47. The lowest BCUT2D eigenvalue weighted by Gasteiger charge is -2.25. The second-order valence-electron chi connectivity index (χ2n) is 5.43. The molecule has 1 aromatic carbocycles. The molecule has 25 heavy (non-hydrogen) atoms. The third-order valence-corrected chi connectivity index (χ3v) is 4.68. The summed E-state index contributed by atoms with van der Waals surface area (Å²) in [5.74, 6) is -0.567. The van der Waals surface area contributed by atoms with Gasteiger partial charge in [0, 0.05) is 32.1 Å². The third-order valence-electron chi connectivity index (χ3n) is 3.78. The van der Waals surface area contributed by atoms with E-state index in [1.807, 2.05) is 0 Å². The maximum Gasteiger partial charge on any atom is 0.282 e. The number of carbonyl (C=O) groups is 1. The monoisotopic (exact) mass is 363 g/mol. The van der Waals surface area contributed by atoms with Crippen molar-refractivity contribution in [2.45, 2.75) is 6.42 Å². The third kappa shape index (κ3) is 4.56. The number of ether oxygens (including phenoxy) is 1. The summed E-state index contributed by atoms with van der Waals surface area (Å²) >= 11 is 1.28. The van der Waals surface area contributed by atoms with Gasteiger partial charge in [-0.3, -0.25) is 25.1 Å². The van der Waals surface area contributed by atoms with Crippen LogP contribution in [0.15, 0.2) is 24.3 Å². The molecule has 9 nitrogen and oxygen atoms in total. The SMILES string of the molecule is O=C(Nc1nnc(CCN2CCOCC2)s1)c1ccccc1[N+](=O)[O-]. The fourth-order valence-corrected chi connectivity index (χ4v) is 3.20. The van der Waals surface area contributed by atoms with Gasteiger partial charge in [0.15, 0.2) is 0 Å². The second-order valence-corrected chi connectivity index (χ2v) is 6.50. The molecule has 1 aliphatic heterocycles. The molecule has 1 aliphatic rings. The fraction of sp³-hybridized carbons (Fsp3) is 0.400. The Bertz CT molecular complexity index is 760. The normalized spacial score (nSPS) is 15.0. The molecule has 0 saturated carbocycles. The van der Waals surface area contributed by atoms with Gasteiger partial charge in [-0.1, -0.05) is 23.5 Å². The summed E-state index contributed by atoms with van der Waals surface area (Å²) in [5, 5.41) is 22.7. The Hall–Kier alpha value is -2.43. The van der Waals surface area contributed by atoms with Gasteiger partial charge in [0.2, 0.25) is 5.13 Å². The number of nitrogens with zero attached hydrogens (tertiary/aromatic N) is 4. The molecule has 1 aromatic heterocycles. The van der Waals surface area contributed by atoms with Gasteiger partial charge in [-0.15, -0.1) is 10.2 Å². The Morgan fingerprint density at radius 3 is 2.84 bits per heavy atom. The van der Waals surface area contributed by atoms with Crippen molar-refractivity contribution in [1.29, 1.82) is 0 Å². The van der Waals surface area contributed by atoms with Crippen LogP contribution in [0.4, 0.5) is 10.8 Å². The predicted molar refractivity (Wildman–Crippen MR) is 91.9 cm³/mol. The summed E-state index contributed by atoms with van der Waals surface area (Å²) in [5.41, 5.74) is -0.241. The quantitative estimate of drug-likeness (QED) is 0.612. The van der Waals surface area contributed by atoms with Crippen molar-refractivity contribution >= 4 is 28.1 Å². The van der Waals surface area contributed by atoms with Gasteiger partial charge in [-0.25, -0.2) is 0 Å². The lowest BCUT2D eigenvalue weighted by Crippen LogP contribution is -2.37. The van der Waals surface area contributed by atoms with Crippen molar-refractivity contribution in [3.63, 3.8) is 0 Å². The van der Waals surface area contributed by atoms with E-state index in [0.717, 1.165) is 44.3 Å². The standard InChI is InChI=1S/C15H17N5O4S/c21-14(11-3-1-2-4-12(11)20(22)23)16-15-18-17-13(25-15)5-6-19-7-9-24-10-8-19/h1-4H,5-10H2,(H,16,18,21). The van der Waals surface area contributed by atoms with Gasteiger partial charge >= 0.3 is 0 Å². The lowest BCUT2D eigenvalue weighted by atomic mass is 10.1. The average Bonchev–Trinajstić information content (AvgIpc) is 3.08. The lowest BCUT2D eigenvalue weighted by molar-refractivity contribution is -0.385. The molecule has 10 heteroatoms. The summed E-state index contributed by atoms with van der Waals surface area (Å²) in [7, 11) is 0. The Balaban J connectivity index is 1.59. The minimum Gasteiger partial charge on any atom is -0.379 e. The van der Waals surface area contributed by atoms with E-state index in [-0.39, 0.29) is 11.3 Å². The zero-order valence-electron chi connectivity index (χ0n) is 13.4. The predicted octanol–water partition coefficient (Wildman–Crippen LogP) is 1.57. The molecule has 0 bridgehead atoms. The van der Waals surface area contributed by atoms with E-state index in [1.54, 1.807) is 6.07 Å². The first-order chi connectivity index (χ1) is 12.1. The van der Waals surface area contributed by atoms with Crippen molar-refractivity contribution in [3.8, 4) is 0 Å². The highest BCUT2D eigenvalue weighted by molar-refractivity contribution is 7.15. The van der Waals surface area contributed by atoms with Crippen molar-refractivity contribution < 1.29 is 14.5 Å². The number of nitro benzene ring substituents is 1. The summed E-state index contributed by atoms with van der Waals surface area (Å²) in [6, 6.07) is 5.80. The van der Waals surface area contributed by atoms with Gasteiger partial charge in [-0.05, 0) is 6.07 Å². The Kier molecular flexibility index (Phi) is 5.64. The van der Waals surface area contributed by atoms with E-state index >= 15 is 0 Å². The van der Waals surface area contributed by atoms with Gasteiger partial charge in [0.05, 0.1) is 18.1 Å². The molecule has 0 radical (unpaired) electrons. The number of nitrogens with one attached hydrogen (secondary N) is 1. The number of anilines is 1. The molecule has 2 aromatic rings. The molecule has 1 saturated heterocycles. The molecule has 3 rings (SSSR count). The van der Waals surface area contributed by atoms with Crippen LogP contribution in [0.2, 0.25) is 0 Å². The van der Waals surface area contributed by atoms with Crippen LogP contribution in [0.1, 0.15) is 15.4 Å². The molecule has 0 spiro atoms. The Morgan fingerprint density at radius 2 is 2.08 bits per heavy atom.